The molecule has 0 aliphatic heterocycles. The van der Waals surface area contributed by atoms with Crippen LogP contribution in [-0.2, 0) is 7.05 Å². The first-order chi connectivity index (χ1) is 9.63. The van der Waals surface area contributed by atoms with Crippen LogP contribution in [0.2, 0.25) is 0 Å². The smallest absolute Gasteiger partial charge is 0.272 e. The molecule has 0 aliphatic rings. The summed E-state index contributed by atoms with van der Waals surface area (Å²) in [5, 5.41) is 2.82. The van der Waals surface area contributed by atoms with Crippen LogP contribution in [0.25, 0.3) is 11.0 Å². The predicted octanol–water partition coefficient (Wildman–Crippen LogP) is 1.80. The maximum Gasteiger partial charge on any atom is 0.272 e. The van der Waals surface area contributed by atoms with Gasteiger partial charge in [-0.25, -0.2) is 0 Å². The first-order valence-electron chi connectivity index (χ1n) is 6.07. The van der Waals surface area contributed by atoms with Gasteiger partial charge in [0.2, 0.25) is 0 Å². The molecule has 1 aromatic carbocycles. The average Bonchev–Trinajstić information content (AvgIpc) is 2.78. The summed E-state index contributed by atoms with van der Waals surface area (Å²) in [6, 6.07) is 7.03. The molecule has 2 aromatic heterocycles. The van der Waals surface area contributed by atoms with Gasteiger partial charge in [-0.15, -0.1) is 0 Å². The van der Waals surface area contributed by atoms with E-state index in [1.807, 2.05) is 6.07 Å². The Bertz CT molecular complexity index is 793. The Morgan fingerprint density at radius 2 is 1.95 bits per heavy atom. The number of aromatic nitrogens is 3. The molecule has 3 rings (SSSR count). The van der Waals surface area contributed by atoms with Crippen LogP contribution in [0.4, 0.5) is 11.4 Å². The molecule has 3 aromatic rings. The Labute approximate surface area is 115 Å². The second-order valence-electron chi connectivity index (χ2n) is 4.48. The molecular formula is C14H13N5O. The van der Waals surface area contributed by atoms with Gasteiger partial charge in [0.1, 0.15) is 5.69 Å². The van der Waals surface area contributed by atoms with E-state index in [0.29, 0.717) is 17.1 Å². The summed E-state index contributed by atoms with van der Waals surface area (Å²) in [6.45, 7) is 0. The van der Waals surface area contributed by atoms with Crippen molar-refractivity contribution in [2.75, 3.05) is 11.1 Å². The molecule has 0 saturated heterocycles. The zero-order valence-electron chi connectivity index (χ0n) is 10.9. The summed E-state index contributed by atoms with van der Waals surface area (Å²) in [5.41, 5.74) is 8.91. The van der Waals surface area contributed by atoms with Crippen molar-refractivity contribution in [3.05, 3.63) is 48.5 Å². The molecular weight excluding hydrogens is 254 g/mol. The number of rotatable bonds is 2. The molecule has 0 bridgehead atoms. The summed E-state index contributed by atoms with van der Waals surface area (Å²) in [5.74, 6) is -0.215. The maximum absolute atomic E-state index is 12.2. The molecule has 3 N–H and O–H groups in total. The Morgan fingerprint density at radius 1 is 1.20 bits per heavy atom. The van der Waals surface area contributed by atoms with Crippen LogP contribution in [0.3, 0.4) is 0 Å². The van der Waals surface area contributed by atoms with Crippen molar-refractivity contribution in [2.24, 2.45) is 7.05 Å². The number of nitrogens with two attached hydrogens (primary N) is 1. The Hall–Kier alpha value is -2.89. The first-order valence-corrected chi connectivity index (χ1v) is 6.07. The fraction of sp³-hybridized carbons (Fsp3) is 0.0714. The first kappa shape index (κ1) is 12.2. The number of nitrogen functional groups attached to an aromatic ring is 1. The molecule has 2 heterocycles. The van der Waals surface area contributed by atoms with Crippen LogP contribution in [0, 0.1) is 0 Å². The molecule has 0 radical (unpaired) electrons. The van der Waals surface area contributed by atoms with E-state index in [-0.39, 0.29) is 5.91 Å². The number of carbonyl (C=O) groups is 1. The molecule has 0 aliphatic carbocycles. The third kappa shape index (κ3) is 2.18. The molecule has 100 valence electrons. The summed E-state index contributed by atoms with van der Waals surface area (Å²) >= 11 is 0. The van der Waals surface area contributed by atoms with E-state index >= 15 is 0 Å². The van der Waals surface area contributed by atoms with Gasteiger partial charge in [0.25, 0.3) is 5.91 Å². The van der Waals surface area contributed by atoms with E-state index in [0.717, 1.165) is 11.0 Å². The van der Waals surface area contributed by atoms with Gasteiger partial charge >= 0.3 is 0 Å². The zero-order valence-corrected chi connectivity index (χ0v) is 10.9. The Morgan fingerprint density at radius 3 is 2.65 bits per heavy atom. The van der Waals surface area contributed by atoms with Crippen LogP contribution in [0.1, 0.15) is 10.5 Å². The summed E-state index contributed by atoms with van der Waals surface area (Å²) in [4.78, 5) is 20.5. The van der Waals surface area contributed by atoms with Crippen LogP contribution < -0.4 is 11.1 Å². The highest BCUT2D eigenvalue weighted by atomic mass is 16.1. The minimum absolute atomic E-state index is 0.215. The van der Waals surface area contributed by atoms with E-state index in [4.69, 9.17) is 5.73 Å². The number of benzene rings is 1. The minimum Gasteiger partial charge on any atom is -0.397 e. The average molecular weight is 267 g/mol. The Kier molecular flexibility index (Phi) is 2.83. The summed E-state index contributed by atoms with van der Waals surface area (Å²) in [6.07, 6.45) is 4.94. The number of carbonyl (C=O) groups excluding carboxylic acids is 1. The third-order valence-electron chi connectivity index (χ3n) is 2.99. The molecule has 0 saturated carbocycles. The lowest BCUT2D eigenvalue weighted by Gasteiger charge is -2.06. The lowest BCUT2D eigenvalue weighted by Crippen LogP contribution is -2.15. The van der Waals surface area contributed by atoms with Crippen molar-refractivity contribution in [2.45, 2.75) is 0 Å². The molecule has 6 heteroatoms. The number of hydrogen-bond donors (Lipinski definition) is 2. The van der Waals surface area contributed by atoms with Crippen molar-refractivity contribution in [1.82, 2.24) is 14.5 Å². The van der Waals surface area contributed by atoms with Gasteiger partial charge in [-0.3, -0.25) is 14.8 Å². The second-order valence-corrected chi connectivity index (χ2v) is 4.48. The molecule has 6 nitrogen and oxygen atoms in total. The van der Waals surface area contributed by atoms with Gasteiger partial charge in [0.15, 0.2) is 0 Å². The quantitative estimate of drug-likeness (QED) is 0.741. The topological polar surface area (TPSA) is 85.8 Å². The highest BCUT2D eigenvalue weighted by Crippen LogP contribution is 2.17. The van der Waals surface area contributed by atoms with Crippen LogP contribution in [-0.4, -0.2) is 20.4 Å². The number of anilines is 2. The Balaban J connectivity index is 1.89. The van der Waals surface area contributed by atoms with Crippen molar-refractivity contribution in [1.29, 1.82) is 0 Å². The van der Waals surface area contributed by atoms with Gasteiger partial charge in [-0.05, 0) is 24.3 Å². The fourth-order valence-corrected chi connectivity index (χ4v) is 2.05. The molecule has 0 spiro atoms. The lowest BCUT2D eigenvalue weighted by molar-refractivity contribution is 0.101. The van der Waals surface area contributed by atoms with E-state index in [1.165, 1.54) is 0 Å². The number of hydrogen-bond acceptors (Lipinski definition) is 4. The van der Waals surface area contributed by atoms with Crippen molar-refractivity contribution in [3.8, 4) is 0 Å². The van der Waals surface area contributed by atoms with Gasteiger partial charge in [-0.2, -0.15) is 0 Å². The zero-order chi connectivity index (χ0) is 14.1. The summed E-state index contributed by atoms with van der Waals surface area (Å²) < 4.78 is 1.69. The van der Waals surface area contributed by atoms with Crippen molar-refractivity contribution in [3.63, 3.8) is 0 Å². The van der Waals surface area contributed by atoms with Crippen molar-refractivity contribution >= 4 is 28.3 Å². The highest BCUT2D eigenvalue weighted by Gasteiger charge is 2.11. The number of nitrogens with one attached hydrogen (secondary N) is 1. The second kappa shape index (κ2) is 4.65. The molecule has 1 amide bonds. The third-order valence-corrected chi connectivity index (χ3v) is 2.99. The highest BCUT2D eigenvalue weighted by molar-refractivity contribution is 6.04. The van der Waals surface area contributed by atoms with Crippen LogP contribution in [0.5, 0.6) is 0 Å². The van der Waals surface area contributed by atoms with Gasteiger partial charge < -0.3 is 15.6 Å². The molecule has 0 atom stereocenters. The number of aryl methyl sites for hydroxylation is 1. The minimum atomic E-state index is -0.215. The van der Waals surface area contributed by atoms with Gasteiger partial charge in [0, 0.05) is 31.3 Å². The lowest BCUT2D eigenvalue weighted by atomic mass is 10.2. The normalized spacial score (nSPS) is 10.7. The van der Waals surface area contributed by atoms with E-state index in [9.17, 15) is 4.79 Å². The molecule has 20 heavy (non-hydrogen) atoms. The predicted molar refractivity (Wildman–Crippen MR) is 77.3 cm³/mol. The van der Waals surface area contributed by atoms with Crippen LogP contribution >= 0.6 is 0 Å². The number of amides is 1. The van der Waals surface area contributed by atoms with Crippen molar-refractivity contribution < 1.29 is 4.79 Å². The summed E-state index contributed by atoms with van der Waals surface area (Å²) in [7, 11) is 1.77. The van der Waals surface area contributed by atoms with Gasteiger partial charge in [0.05, 0.1) is 16.7 Å². The van der Waals surface area contributed by atoms with E-state index < -0.39 is 0 Å². The number of nitrogens with zero attached hydrogens (tertiary/aromatic N) is 3. The van der Waals surface area contributed by atoms with E-state index in [2.05, 4.69) is 15.3 Å². The van der Waals surface area contributed by atoms with Crippen LogP contribution in [0.15, 0.2) is 42.9 Å². The maximum atomic E-state index is 12.2. The van der Waals surface area contributed by atoms with Gasteiger partial charge in [-0.1, -0.05) is 0 Å². The molecule has 0 unspecified atom stereocenters. The number of fused-ring (bicyclic) bond motifs is 1. The monoisotopic (exact) mass is 267 g/mol. The fourth-order valence-electron chi connectivity index (χ4n) is 2.05. The molecule has 0 fully saturated rings. The van der Waals surface area contributed by atoms with E-state index in [1.54, 1.807) is 48.4 Å². The standard InChI is InChI=1S/C14H13N5O/c1-19-8-9(15)6-13(19)14(20)18-10-2-3-11-12(7-10)17-5-4-16-11/h2-8H,15H2,1H3,(H,18,20). The SMILES string of the molecule is Cn1cc(N)cc1C(=O)Nc1ccc2nccnc2c1. The largest absolute Gasteiger partial charge is 0.397 e.